The topological polar surface area (TPSA) is 33.1 Å². The van der Waals surface area contributed by atoms with E-state index in [-0.39, 0.29) is 0 Å². The highest BCUT2D eigenvalue weighted by Crippen LogP contribution is 2.29. The number of aryl methyl sites for hydroxylation is 1. The van der Waals surface area contributed by atoms with Gasteiger partial charge in [-0.1, -0.05) is 18.2 Å². The molecule has 0 spiro atoms. The Hall–Kier alpha value is -1.81. The predicted octanol–water partition coefficient (Wildman–Crippen LogP) is 2.89. The van der Waals surface area contributed by atoms with Crippen molar-refractivity contribution < 1.29 is 0 Å². The summed E-state index contributed by atoms with van der Waals surface area (Å²) in [6.45, 7) is 5.24. The molecule has 3 rings (SSSR count). The highest BCUT2D eigenvalue weighted by Gasteiger charge is 2.22. The molecule has 0 amide bonds. The first kappa shape index (κ1) is 14.1. The number of aromatic nitrogens is 2. The molecule has 1 aliphatic heterocycles. The van der Waals surface area contributed by atoms with Crippen molar-refractivity contribution in [2.24, 2.45) is 0 Å². The molecule has 21 heavy (non-hydrogen) atoms. The first-order chi connectivity index (χ1) is 10.3. The van der Waals surface area contributed by atoms with Crippen molar-refractivity contribution in [2.75, 3.05) is 25.0 Å². The smallest absolute Gasteiger partial charge is 0.137 e. The van der Waals surface area contributed by atoms with Crippen LogP contribution in [0.3, 0.4) is 0 Å². The summed E-state index contributed by atoms with van der Waals surface area (Å²) in [5.74, 6) is 1.27. The summed E-state index contributed by atoms with van der Waals surface area (Å²) in [7, 11) is 2.00. The number of para-hydroxylation sites is 1. The van der Waals surface area contributed by atoms with Gasteiger partial charge in [0.05, 0.1) is 11.4 Å². The highest BCUT2D eigenvalue weighted by atomic mass is 15.4. The van der Waals surface area contributed by atoms with E-state index in [1.807, 2.05) is 7.05 Å². The lowest BCUT2D eigenvalue weighted by Crippen LogP contribution is -2.32. The van der Waals surface area contributed by atoms with E-state index in [0.29, 0.717) is 0 Å². The van der Waals surface area contributed by atoms with Crippen LogP contribution in [-0.4, -0.2) is 29.9 Å². The summed E-state index contributed by atoms with van der Waals surface area (Å²) in [6.07, 6.45) is 3.90. The SMILES string of the molecule is CNCc1c(C)nn(-c2ccccc2)c1N1CCCCC1. The molecule has 4 nitrogen and oxygen atoms in total. The average Bonchev–Trinajstić information content (AvgIpc) is 2.86. The van der Waals surface area contributed by atoms with E-state index in [9.17, 15) is 0 Å². The molecule has 4 heteroatoms. The maximum atomic E-state index is 4.81. The molecule has 1 aromatic heterocycles. The van der Waals surface area contributed by atoms with Crippen molar-refractivity contribution in [3.63, 3.8) is 0 Å². The summed E-state index contributed by atoms with van der Waals surface area (Å²) < 4.78 is 2.12. The molecular formula is C17H24N4. The quantitative estimate of drug-likeness (QED) is 0.937. The van der Waals surface area contributed by atoms with Gasteiger partial charge in [-0.2, -0.15) is 5.10 Å². The molecule has 0 unspecified atom stereocenters. The third kappa shape index (κ3) is 2.81. The van der Waals surface area contributed by atoms with Crippen LogP contribution in [0.2, 0.25) is 0 Å². The summed E-state index contributed by atoms with van der Waals surface area (Å²) in [5, 5.41) is 8.10. The normalized spacial score (nSPS) is 15.4. The van der Waals surface area contributed by atoms with E-state index in [2.05, 4.69) is 52.2 Å². The Bertz CT molecular complexity index is 582. The lowest BCUT2D eigenvalue weighted by atomic mass is 10.1. The van der Waals surface area contributed by atoms with E-state index < -0.39 is 0 Å². The van der Waals surface area contributed by atoms with Gasteiger partial charge >= 0.3 is 0 Å². The summed E-state index contributed by atoms with van der Waals surface area (Å²) >= 11 is 0. The number of anilines is 1. The van der Waals surface area contributed by atoms with Gasteiger partial charge in [-0.25, -0.2) is 4.68 Å². The zero-order valence-corrected chi connectivity index (χ0v) is 13.0. The summed E-state index contributed by atoms with van der Waals surface area (Å²) in [6, 6.07) is 10.5. The van der Waals surface area contributed by atoms with Crippen LogP contribution in [0.4, 0.5) is 5.82 Å². The maximum Gasteiger partial charge on any atom is 0.137 e. The lowest BCUT2D eigenvalue weighted by molar-refractivity contribution is 0.565. The Balaban J connectivity index is 2.08. The van der Waals surface area contributed by atoms with Crippen LogP contribution in [0, 0.1) is 6.92 Å². The number of hydrogen-bond donors (Lipinski definition) is 1. The van der Waals surface area contributed by atoms with Gasteiger partial charge in [-0.05, 0) is 45.4 Å². The zero-order chi connectivity index (χ0) is 14.7. The molecule has 2 heterocycles. The molecule has 1 aromatic carbocycles. The van der Waals surface area contributed by atoms with Crippen molar-refractivity contribution in [3.8, 4) is 5.69 Å². The van der Waals surface area contributed by atoms with Gasteiger partial charge in [0.2, 0.25) is 0 Å². The van der Waals surface area contributed by atoms with Gasteiger partial charge in [0.1, 0.15) is 5.82 Å². The van der Waals surface area contributed by atoms with Gasteiger partial charge in [-0.15, -0.1) is 0 Å². The lowest BCUT2D eigenvalue weighted by Gasteiger charge is -2.30. The van der Waals surface area contributed by atoms with Crippen molar-refractivity contribution in [1.82, 2.24) is 15.1 Å². The van der Waals surface area contributed by atoms with Crippen LogP contribution in [0.5, 0.6) is 0 Å². The maximum absolute atomic E-state index is 4.81. The zero-order valence-electron chi connectivity index (χ0n) is 13.0. The molecule has 0 atom stereocenters. The Labute approximate surface area is 126 Å². The number of nitrogens with one attached hydrogen (secondary N) is 1. The Morgan fingerprint density at radius 2 is 1.81 bits per heavy atom. The van der Waals surface area contributed by atoms with E-state index in [1.165, 1.54) is 30.6 Å². The molecule has 1 fully saturated rings. The Morgan fingerprint density at radius 1 is 1.10 bits per heavy atom. The third-order valence-corrected chi connectivity index (χ3v) is 4.17. The Morgan fingerprint density at radius 3 is 2.48 bits per heavy atom. The number of benzene rings is 1. The minimum absolute atomic E-state index is 0.866. The van der Waals surface area contributed by atoms with Crippen molar-refractivity contribution >= 4 is 5.82 Å². The molecule has 0 radical (unpaired) electrons. The number of piperidine rings is 1. The van der Waals surface area contributed by atoms with Crippen molar-refractivity contribution in [1.29, 1.82) is 0 Å². The molecule has 1 N–H and O–H groups in total. The van der Waals surface area contributed by atoms with Crippen LogP contribution < -0.4 is 10.2 Å². The van der Waals surface area contributed by atoms with E-state index in [4.69, 9.17) is 5.10 Å². The second kappa shape index (κ2) is 6.31. The molecule has 0 saturated carbocycles. The molecule has 112 valence electrons. The van der Waals surface area contributed by atoms with Gasteiger partial charge in [0.15, 0.2) is 0 Å². The first-order valence-corrected chi connectivity index (χ1v) is 7.84. The van der Waals surface area contributed by atoms with Crippen LogP contribution in [0.15, 0.2) is 30.3 Å². The molecule has 0 bridgehead atoms. The first-order valence-electron chi connectivity index (χ1n) is 7.84. The number of hydrogen-bond acceptors (Lipinski definition) is 3. The van der Waals surface area contributed by atoms with Crippen molar-refractivity contribution in [2.45, 2.75) is 32.7 Å². The predicted molar refractivity (Wildman–Crippen MR) is 87.1 cm³/mol. The fourth-order valence-electron chi connectivity index (χ4n) is 3.11. The number of rotatable bonds is 4. The minimum atomic E-state index is 0.866. The summed E-state index contributed by atoms with van der Waals surface area (Å²) in [4.78, 5) is 2.50. The average molecular weight is 284 g/mol. The molecule has 1 aliphatic rings. The van der Waals surface area contributed by atoms with Gasteiger partial charge in [0.25, 0.3) is 0 Å². The molecule has 0 aliphatic carbocycles. The fourth-order valence-corrected chi connectivity index (χ4v) is 3.11. The molecular weight excluding hydrogens is 260 g/mol. The van der Waals surface area contributed by atoms with Gasteiger partial charge < -0.3 is 10.2 Å². The fraction of sp³-hybridized carbons (Fsp3) is 0.471. The van der Waals surface area contributed by atoms with E-state index in [1.54, 1.807) is 0 Å². The number of nitrogens with zero attached hydrogens (tertiary/aromatic N) is 3. The van der Waals surface area contributed by atoms with Gasteiger partial charge in [-0.3, -0.25) is 0 Å². The second-order valence-corrected chi connectivity index (χ2v) is 5.71. The van der Waals surface area contributed by atoms with E-state index >= 15 is 0 Å². The second-order valence-electron chi connectivity index (χ2n) is 5.71. The van der Waals surface area contributed by atoms with Crippen LogP contribution >= 0.6 is 0 Å². The van der Waals surface area contributed by atoms with Crippen LogP contribution in [0.25, 0.3) is 5.69 Å². The van der Waals surface area contributed by atoms with Crippen LogP contribution in [-0.2, 0) is 6.54 Å². The van der Waals surface area contributed by atoms with Crippen LogP contribution in [0.1, 0.15) is 30.5 Å². The molecule has 1 saturated heterocycles. The molecule has 2 aromatic rings. The Kier molecular flexibility index (Phi) is 4.25. The van der Waals surface area contributed by atoms with Gasteiger partial charge in [0, 0.05) is 25.2 Å². The summed E-state index contributed by atoms with van der Waals surface area (Å²) in [5.41, 5.74) is 3.58. The third-order valence-electron chi connectivity index (χ3n) is 4.17. The standard InChI is InChI=1S/C17H24N4/c1-14-16(13-18-2)17(20-11-7-4-8-12-20)21(19-14)15-9-5-3-6-10-15/h3,5-6,9-10,18H,4,7-8,11-13H2,1-2H3. The minimum Gasteiger partial charge on any atom is -0.356 e. The monoisotopic (exact) mass is 284 g/mol. The largest absolute Gasteiger partial charge is 0.356 e. The van der Waals surface area contributed by atoms with E-state index in [0.717, 1.165) is 31.0 Å². The highest BCUT2D eigenvalue weighted by molar-refractivity contribution is 5.55. The van der Waals surface area contributed by atoms with Crippen molar-refractivity contribution in [3.05, 3.63) is 41.6 Å².